The Morgan fingerprint density at radius 1 is 1.19 bits per heavy atom. The van der Waals surface area contributed by atoms with Gasteiger partial charge in [0, 0.05) is 30.0 Å². The summed E-state index contributed by atoms with van der Waals surface area (Å²) in [4.78, 5) is 14.8. The monoisotopic (exact) mass is 407 g/mol. The highest BCUT2D eigenvalue weighted by Gasteiger charge is 2.19. The van der Waals surface area contributed by atoms with Gasteiger partial charge in [0.2, 0.25) is 10.0 Å². The highest BCUT2D eigenvalue weighted by Crippen LogP contribution is 2.26. The van der Waals surface area contributed by atoms with E-state index in [4.69, 9.17) is 11.6 Å². The summed E-state index contributed by atoms with van der Waals surface area (Å²) >= 11 is 5.99. The van der Waals surface area contributed by atoms with E-state index in [1.807, 2.05) is 24.3 Å². The number of carbonyl (C=O) groups is 1. The highest BCUT2D eigenvalue weighted by molar-refractivity contribution is 7.92. The number of hydrogen-bond donors (Lipinski definition) is 2. The number of rotatable bonds is 5. The van der Waals surface area contributed by atoms with Gasteiger partial charge in [0.15, 0.2) is 0 Å². The zero-order chi connectivity index (χ0) is 19.6. The minimum Gasteiger partial charge on any atom is -0.371 e. The number of halogens is 1. The van der Waals surface area contributed by atoms with Gasteiger partial charge in [-0.05, 0) is 54.8 Å². The van der Waals surface area contributed by atoms with Crippen LogP contribution in [0, 0.1) is 5.92 Å². The van der Waals surface area contributed by atoms with Crippen molar-refractivity contribution in [3.8, 4) is 0 Å². The van der Waals surface area contributed by atoms with Crippen molar-refractivity contribution in [3.05, 3.63) is 53.1 Å². The van der Waals surface area contributed by atoms with Crippen molar-refractivity contribution in [2.45, 2.75) is 13.3 Å². The average Bonchev–Trinajstić information content (AvgIpc) is 3.02. The Bertz CT molecular complexity index is 945. The Balaban J connectivity index is 1.71. The quantitative estimate of drug-likeness (QED) is 0.789. The molecule has 27 heavy (non-hydrogen) atoms. The molecule has 0 saturated carbocycles. The molecule has 1 fully saturated rings. The lowest BCUT2D eigenvalue weighted by molar-refractivity contribution is 0.102. The van der Waals surface area contributed by atoms with Crippen LogP contribution in [0.5, 0.6) is 0 Å². The Morgan fingerprint density at radius 2 is 1.89 bits per heavy atom. The topological polar surface area (TPSA) is 78.5 Å². The molecule has 1 aliphatic heterocycles. The molecule has 8 heteroatoms. The van der Waals surface area contributed by atoms with Crippen LogP contribution in [0.2, 0.25) is 5.02 Å². The first-order chi connectivity index (χ1) is 12.7. The fourth-order valence-electron chi connectivity index (χ4n) is 3.07. The predicted molar refractivity (Wildman–Crippen MR) is 110 cm³/mol. The molecule has 2 aromatic rings. The molecule has 0 aromatic heterocycles. The van der Waals surface area contributed by atoms with Crippen molar-refractivity contribution >= 4 is 44.6 Å². The summed E-state index contributed by atoms with van der Waals surface area (Å²) in [6.45, 7) is 4.34. The molecule has 0 spiro atoms. The Kier molecular flexibility index (Phi) is 5.62. The lowest BCUT2D eigenvalue weighted by Crippen LogP contribution is -2.19. The molecule has 2 aromatic carbocycles. The maximum atomic E-state index is 12.5. The summed E-state index contributed by atoms with van der Waals surface area (Å²) in [5.41, 5.74) is 2.29. The SMILES string of the molecule is CC1CCN(c2ccc(NC(=O)c3ccc(Cl)c(NS(C)(=O)=O)c3)cc2)C1. The van der Waals surface area contributed by atoms with Gasteiger partial charge in [-0.3, -0.25) is 9.52 Å². The molecule has 0 bridgehead atoms. The minimum atomic E-state index is -3.49. The molecule has 6 nitrogen and oxygen atoms in total. The highest BCUT2D eigenvalue weighted by atomic mass is 35.5. The van der Waals surface area contributed by atoms with Crippen LogP contribution in [0.4, 0.5) is 17.1 Å². The summed E-state index contributed by atoms with van der Waals surface area (Å²) in [5, 5.41) is 3.04. The number of carbonyl (C=O) groups excluding carboxylic acids is 1. The van der Waals surface area contributed by atoms with E-state index in [1.165, 1.54) is 18.6 Å². The Labute approximate surface area is 164 Å². The van der Waals surface area contributed by atoms with Crippen LogP contribution in [0.3, 0.4) is 0 Å². The van der Waals surface area contributed by atoms with E-state index in [-0.39, 0.29) is 16.6 Å². The molecule has 1 aliphatic rings. The standard InChI is InChI=1S/C19H22ClN3O3S/c1-13-9-10-23(12-13)16-6-4-15(5-7-16)21-19(24)14-3-8-17(20)18(11-14)22-27(2,25)26/h3-8,11,13,22H,9-10,12H2,1-2H3,(H,21,24). The molecule has 0 aliphatic carbocycles. The van der Waals surface area contributed by atoms with Gasteiger partial charge in [0.05, 0.1) is 17.0 Å². The van der Waals surface area contributed by atoms with E-state index in [0.29, 0.717) is 17.2 Å². The number of sulfonamides is 1. The second-order valence-corrected chi connectivity index (χ2v) is 9.07. The van der Waals surface area contributed by atoms with Gasteiger partial charge < -0.3 is 10.2 Å². The first-order valence-corrected chi connectivity index (χ1v) is 10.9. The molecular weight excluding hydrogens is 386 g/mol. The minimum absolute atomic E-state index is 0.172. The molecule has 1 unspecified atom stereocenters. The lowest BCUT2D eigenvalue weighted by atomic mass is 10.1. The van der Waals surface area contributed by atoms with Gasteiger partial charge in [0.1, 0.15) is 0 Å². The van der Waals surface area contributed by atoms with Crippen LogP contribution in [0.25, 0.3) is 0 Å². The van der Waals surface area contributed by atoms with Crippen LogP contribution in [-0.4, -0.2) is 33.7 Å². The summed E-state index contributed by atoms with van der Waals surface area (Å²) in [6.07, 6.45) is 2.22. The molecular formula is C19H22ClN3O3S. The first-order valence-electron chi connectivity index (χ1n) is 8.65. The normalized spacial score (nSPS) is 17.0. The van der Waals surface area contributed by atoms with Gasteiger partial charge in [-0.1, -0.05) is 18.5 Å². The van der Waals surface area contributed by atoms with E-state index in [2.05, 4.69) is 21.9 Å². The molecule has 0 radical (unpaired) electrons. The summed E-state index contributed by atoms with van der Waals surface area (Å²) in [5.74, 6) is 0.356. The van der Waals surface area contributed by atoms with Crippen molar-refractivity contribution in [1.29, 1.82) is 0 Å². The zero-order valence-corrected chi connectivity index (χ0v) is 16.8. The molecule has 1 atom stereocenters. The van der Waals surface area contributed by atoms with E-state index in [0.717, 1.165) is 25.0 Å². The van der Waals surface area contributed by atoms with Gasteiger partial charge >= 0.3 is 0 Å². The molecule has 1 saturated heterocycles. The lowest BCUT2D eigenvalue weighted by Gasteiger charge is -2.18. The third-order valence-corrected chi connectivity index (χ3v) is 5.36. The van der Waals surface area contributed by atoms with E-state index >= 15 is 0 Å². The van der Waals surface area contributed by atoms with Crippen LogP contribution >= 0.6 is 11.6 Å². The van der Waals surface area contributed by atoms with Gasteiger partial charge in [0.25, 0.3) is 5.91 Å². The number of amides is 1. The first kappa shape index (κ1) is 19.5. The molecule has 3 rings (SSSR count). The molecule has 1 heterocycles. The predicted octanol–water partition coefficient (Wildman–Crippen LogP) is 3.81. The summed E-state index contributed by atoms with van der Waals surface area (Å²) in [7, 11) is -3.49. The summed E-state index contributed by atoms with van der Waals surface area (Å²) in [6, 6.07) is 12.2. The molecule has 1 amide bonds. The van der Waals surface area contributed by atoms with Gasteiger partial charge in [-0.25, -0.2) is 8.42 Å². The Hall–Kier alpha value is -2.25. The fraction of sp³-hybridized carbons (Fsp3) is 0.316. The summed E-state index contributed by atoms with van der Waals surface area (Å²) < 4.78 is 25.1. The van der Waals surface area contributed by atoms with Crippen LogP contribution in [0.15, 0.2) is 42.5 Å². The number of nitrogens with zero attached hydrogens (tertiary/aromatic N) is 1. The van der Waals surface area contributed by atoms with E-state index < -0.39 is 10.0 Å². The van der Waals surface area contributed by atoms with Gasteiger partial charge in [-0.2, -0.15) is 0 Å². The van der Waals surface area contributed by atoms with Crippen LogP contribution < -0.4 is 14.9 Å². The fourth-order valence-corrected chi connectivity index (χ4v) is 3.86. The zero-order valence-electron chi connectivity index (χ0n) is 15.2. The maximum absolute atomic E-state index is 12.5. The third kappa shape index (κ3) is 5.14. The molecule has 144 valence electrons. The Morgan fingerprint density at radius 3 is 2.48 bits per heavy atom. The number of nitrogens with one attached hydrogen (secondary N) is 2. The van der Waals surface area contributed by atoms with Crippen LogP contribution in [-0.2, 0) is 10.0 Å². The van der Waals surface area contributed by atoms with E-state index in [1.54, 1.807) is 6.07 Å². The van der Waals surface area contributed by atoms with Crippen molar-refractivity contribution in [2.75, 3.05) is 34.3 Å². The number of benzene rings is 2. The third-order valence-electron chi connectivity index (χ3n) is 4.44. The smallest absolute Gasteiger partial charge is 0.255 e. The number of hydrogen-bond acceptors (Lipinski definition) is 4. The van der Waals surface area contributed by atoms with Crippen LogP contribution in [0.1, 0.15) is 23.7 Å². The maximum Gasteiger partial charge on any atom is 0.255 e. The van der Waals surface area contributed by atoms with Crippen molar-refractivity contribution in [3.63, 3.8) is 0 Å². The van der Waals surface area contributed by atoms with Crippen molar-refractivity contribution in [1.82, 2.24) is 0 Å². The average molecular weight is 408 g/mol. The van der Waals surface area contributed by atoms with E-state index in [9.17, 15) is 13.2 Å². The molecule has 2 N–H and O–H groups in total. The number of anilines is 3. The van der Waals surface area contributed by atoms with Crippen molar-refractivity contribution in [2.24, 2.45) is 5.92 Å². The largest absolute Gasteiger partial charge is 0.371 e. The van der Waals surface area contributed by atoms with Crippen molar-refractivity contribution < 1.29 is 13.2 Å². The second-order valence-electron chi connectivity index (χ2n) is 6.91. The van der Waals surface area contributed by atoms with Gasteiger partial charge in [-0.15, -0.1) is 0 Å². The second kappa shape index (κ2) is 7.78.